The summed E-state index contributed by atoms with van der Waals surface area (Å²) < 4.78 is 5.70. The molecule has 19 heavy (non-hydrogen) atoms. The minimum atomic E-state index is 0.850. The fourth-order valence-corrected chi connectivity index (χ4v) is 2.89. The molecule has 112 valence electrons. The van der Waals surface area contributed by atoms with Crippen LogP contribution < -0.4 is 5.32 Å². The molecule has 0 aromatic heterocycles. The van der Waals surface area contributed by atoms with Crippen LogP contribution in [0.1, 0.15) is 39.0 Å². The van der Waals surface area contributed by atoms with Gasteiger partial charge in [-0.25, -0.2) is 0 Å². The zero-order valence-corrected chi connectivity index (χ0v) is 12.9. The molecular weight excluding hydrogens is 236 g/mol. The molecular formula is C16H32N2O. The fourth-order valence-electron chi connectivity index (χ4n) is 2.89. The molecule has 2 unspecified atom stereocenters. The highest BCUT2D eigenvalue weighted by Gasteiger charge is 2.21. The summed E-state index contributed by atoms with van der Waals surface area (Å²) in [7, 11) is 2.23. The van der Waals surface area contributed by atoms with Crippen LogP contribution in [0.2, 0.25) is 0 Å². The van der Waals surface area contributed by atoms with E-state index in [2.05, 4.69) is 24.2 Å². The summed E-state index contributed by atoms with van der Waals surface area (Å²) >= 11 is 0. The molecule has 2 aliphatic rings. The minimum absolute atomic E-state index is 0.850. The van der Waals surface area contributed by atoms with Crippen molar-refractivity contribution in [3.05, 3.63) is 0 Å². The SMILES string of the molecule is CC(CCN(C)CCOCC1CC1)C1CCCNC1. The van der Waals surface area contributed by atoms with Crippen molar-refractivity contribution in [2.75, 3.05) is 46.4 Å². The van der Waals surface area contributed by atoms with Crippen LogP contribution >= 0.6 is 0 Å². The number of ether oxygens (including phenoxy) is 1. The van der Waals surface area contributed by atoms with Gasteiger partial charge in [0.1, 0.15) is 0 Å². The first kappa shape index (κ1) is 15.3. The van der Waals surface area contributed by atoms with Crippen LogP contribution in [0, 0.1) is 17.8 Å². The number of piperidine rings is 1. The summed E-state index contributed by atoms with van der Waals surface area (Å²) in [6.07, 6.45) is 6.89. The monoisotopic (exact) mass is 268 g/mol. The second-order valence-corrected chi connectivity index (χ2v) is 6.69. The fraction of sp³-hybridized carbons (Fsp3) is 1.00. The van der Waals surface area contributed by atoms with E-state index in [-0.39, 0.29) is 0 Å². The molecule has 0 amide bonds. The lowest BCUT2D eigenvalue weighted by atomic mass is 9.85. The van der Waals surface area contributed by atoms with Gasteiger partial charge in [0.15, 0.2) is 0 Å². The van der Waals surface area contributed by atoms with E-state index in [1.165, 1.54) is 51.7 Å². The molecule has 1 heterocycles. The molecule has 2 atom stereocenters. The lowest BCUT2D eigenvalue weighted by molar-refractivity contribution is 0.101. The van der Waals surface area contributed by atoms with Crippen molar-refractivity contribution < 1.29 is 4.74 Å². The van der Waals surface area contributed by atoms with Crippen molar-refractivity contribution in [1.82, 2.24) is 10.2 Å². The molecule has 0 aromatic rings. The molecule has 0 radical (unpaired) electrons. The predicted octanol–water partition coefficient (Wildman–Crippen LogP) is 2.37. The normalized spacial score (nSPS) is 25.7. The molecule has 1 saturated heterocycles. The molecule has 1 saturated carbocycles. The van der Waals surface area contributed by atoms with E-state index in [1.54, 1.807) is 0 Å². The molecule has 1 aliphatic heterocycles. The molecule has 0 spiro atoms. The van der Waals surface area contributed by atoms with Crippen molar-refractivity contribution >= 4 is 0 Å². The average molecular weight is 268 g/mol. The highest BCUT2D eigenvalue weighted by molar-refractivity contribution is 4.75. The van der Waals surface area contributed by atoms with E-state index < -0.39 is 0 Å². The smallest absolute Gasteiger partial charge is 0.0593 e. The van der Waals surface area contributed by atoms with E-state index in [0.717, 1.165) is 37.5 Å². The Hall–Kier alpha value is -0.120. The van der Waals surface area contributed by atoms with Crippen molar-refractivity contribution in [3.8, 4) is 0 Å². The van der Waals surface area contributed by atoms with Gasteiger partial charge in [-0.1, -0.05) is 6.92 Å². The lowest BCUT2D eigenvalue weighted by Gasteiger charge is -2.29. The first-order valence-corrected chi connectivity index (χ1v) is 8.22. The van der Waals surface area contributed by atoms with Gasteiger partial charge >= 0.3 is 0 Å². The number of hydrogen-bond donors (Lipinski definition) is 1. The third kappa shape index (κ3) is 6.24. The largest absolute Gasteiger partial charge is 0.380 e. The van der Waals surface area contributed by atoms with Gasteiger partial charge in [0, 0.05) is 13.2 Å². The summed E-state index contributed by atoms with van der Waals surface area (Å²) in [6.45, 7) is 9.09. The van der Waals surface area contributed by atoms with E-state index in [4.69, 9.17) is 4.74 Å². The number of likely N-dealkylation sites (N-methyl/N-ethyl adjacent to an activating group) is 1. The van der Waals surface area contributed by atoms with Gasteiger partial charge in [-0.05, 0) is 76.5 Å². The zero-order chi connectivity index (χ0) is 13.5. The Morgan fingerprint density at radius 2 is 2.11 bits per heavy atom. The van der Waals surface area contributed by atoms with Crippen molar-refractivity contribution in [1.29, 1.82) is 0 Å². The topological polar surface area (TPSA) is 24.5 Å². The van der Waals surface area contributed by atoms with Gasteiger partial charge in [0.25, 0.3) is 0 Å². The minimum Gasteiger partial charge on any atom is -0.380 e. The highest BCUT2D eigenvalue weighted by Crippen LogP contribution is 2.28. The molecule has 0 aromatic carbocycles. The second-order valence-electron chi connectivity index (χ2n) is 6.69. The Labute approximate surface area is 119 Å². The Morgan fingerprint density at radius 1 is 1.26 bits per heavy atom. The molecule has 2 fully saturated rings. The average Bonchev–Trinajstić information content (AvgIpc) is 3.26. The van der Waals surface area contributed by atoms with Crippen LogP contribution in [0.3, 0.4) is 0 Å². The predicted molar refractivity (Wildman–Crippen MR) is 80.4 cm³/mol. The molecule has 1 aliphatic carbocycles. The summed E-state index contributed by atoms with van der Waals surface area (Å²) in [5, 5.41) is 3.53. The van der Waals surface area contributed by atoms with Crippen molar-refractivity contribution in [2.24, 2.45) is 17.8 Å². The summed E-state index contributed by atoms with van der Waals surface area (Å²) in [5.74, 6) is 2.64. The number of hydrogen-bond acceptors (Lipinski definition) is 3. The van der Waals surface area contributed by atoms with Crippen molar-refractivity contribution in [2.45, 2.75) is 39.0 Å². The maximum absolute atomic E-state index is 5.70. The number of rotatable bonds is 9. The van der Waals surface area contributed by atoms with Crippen molar-refractivity contribution in [3.63, 3.8) is 0 Å². The van der Waals surface area contributed by atoms with E-state index in [0.29, 0.717) is 0 Å². The third-order valence-electron chi connectivity index (χ3n) is 4.77. The third-order valence-corrected chi connectivity index (χ3v) is 4.77. The first-order valence-electron chi connectivity index (χ1n) is 8.22. The highest BCUT2D eigenvalue weighted by atomic mass is 16.5. The number of nitrogens with zero attached hydrogens (tertiary/aromatic N) is 1. The maximum atomic E-state index is 5.70. The van der Waals surface area contributed by atoms with Gasteiger partial charge in [-0.2, -0.15) is 0 Å². The van der Waals surface area contributed by atoms with Gasteiger partial charge in [0.2, 0.25) is 0 Å². The molecule has 3 heteroatoms. The van der Waals surface area contributed by atoms with E-state index in [9.17, 15) is 0 Å². The van der Waals surface area contributed by atoms with Gasteiger partial charge in [-0.3, -0.25) is 0 Å². The van der Waals surface area contributed by atoms with Crippen LogP contribution in [0.15, 0.2) is 0 Å². The molecule has 1 N–H and O–H groups in total. The molecule has 0 bridgehead atoms. The van der Waals surface area contributed by atoms with Gasteiger partial charge < -0.3 is 15.0 Å². The van der Waals surface area contributed by atoms with E-state index >= 15 is 0 Å². The van der Waals surface area contributed by atoms with Crippen LogP contribution in [0.4, 0.5) is 0 Å². The van der Waals surface area contributed by atoms with Crippen LogP contribution in [0.25, 0.3) is 0 Å². The van der Waals surface area contributed by atoms with Crippen LogP contribution in [-0.4, -0.2) is 51.3 Å². The van der Waals surface area contributed by atoms with Gasteiger partial charge in [0.05, 0.1) is 6.61 Å². The summed E-state index contributed by atoms with van der Waals surface area (Å²) in [4.78, 5) is 2.43. The standard InChI is InChI=1S/C16H32N2O/c1-14(16-4-3-8-17-12-16)7-9-18(2)10-11-19-13-15-5-6-15/h14-17H,3-13H2,1-2H3. The Kier molecular flexibility index (Phi) is 6.62. The number of nitrogens with one attached hydrogen (secondary N) is 1. The quantitative estimate of drug-likeness (QED) is 0.650. The van der Waals surface area contributed by atoms with Crippen LogP contribution in [-0.2, 0) is 4.74 Å². The van der Waals surface area contributed by atoms with E-state index in [1.807, 2.05) is 0 Å². The summed E-state index contributed by atoms with van der Waals surface area (Å²) in [6, 6.07) is 0. The lowest BCUT2D eigenvalue weighted by Crippen LogP contribution is -2.34. The zero-order valence-electron chi connectivity index (χ0n) is 12.9. The second kappa shape index (κ2) is 8.23. The Morgan fingerprint density at radius 3 is 2.79 bits per heavy atom. The Bertz CT molecular complexity index is 237. The molecule has 3 nitrogen and oxygen atoms in total. The summed E-state index contributed by atoms with van der Waals surface area (Å²) in [5.41, 5.74) is 0. The Balaban J connectivity index is 1.47. The van der Waals surface area contributed by atoms with Gasteiger partial charge in [-0.15, -0.1) is 0 Å². The maximum Gasteiger partial charge on any atom is 0.0593 e. The molecule has 2 rings (SSSR count). The van der Waals surface area contributed by atoms with Crippen LogP contribution in [0.5, 0.6) is 0 Å². The first-order chi connectivity index (χ1) is 9.25.